The monoisotopic (exact) mass is 350 g/mol. The van der Waals surface area contributed by atoms with Crippen molar-refractivity contribution in [2.75, 3.05) is 0 Å². The maximum absolute atomic E-state index is 12.7. The predicted molar refractivity (Wildman–Crippen MR) is 81.6 cm³/mol. The Balaban J connectivity index is 2.47. The zero-order valence-electron chi connectivity index (χ0n) is 11.3. The van der Waals surface area contributed by atoms with Crippen molar-refractivity contribution in [2.24, 2.45) is 5.92 Å². The fraction of sp³-hybridized carbons (Fsp3) is 0.500. The van der Waals surface area contributed by atoms with Crippen LogP contribution in [0.5, 0.6) is 0 Å². The van der Waals surface area contributed by atoms with E-state index in [-0.39, 0.29) is 20.9 Å². The standard InChI is InChI=1S/C14H16Cl2O4S/c15-10-6-7-11(16)12(8-10)21(19,20)13(14(17)18)9-4-2-1-3-5-9/h6-9,13H,1-5H2,(H,17,18). The van der Waals surface area contributed by atoms with Crippen molar-refractivity contribution in [3.63, 3.8) is 0 Å². The molecular formula is C14H16Cl2O4S. The minimum absolute atomic E-state index is 0.00135. The van der Waals surface area contributed by atoms with Crippen molar-refractivity contribution in [3.8, 4) is 0 Å². The second-order valence-electron chi connectivity index (χ2n) is 5.28. The zero-order valence-corrected chi connectivity index (χ0v) is 13.6. The smallest absolute Gasteiger partial charge is 0.322 e. The summed E-state index contributed by atoms with van der Waals surface area (Å²) in [6.07, 6.45) is 3.93. The number of hydrogen-bond acceptors (Lipinski definition) is 3. The summed E-state index contributed by atoms with van der Waals surface area (Å²) < 4.78 is 25.4. The summed E-state index contributed by atoms with van der Waals surface area (Å²) in [5.41, 5.74) is 0. The summed E-state index contributed by atoms with van der Waals surface area (Å²) in [5, 5.41) is 8.18. The molecule has 1 aromatic rings. The van der Waals surface area contributed by atoms with Crippen molar-refractivity contribution in [3.05, 3.63) is 28.2 Å². The highest BCUT2D eigenvalue weighted by atomic mass is 35.5. The minimum atomic E-state index is -4.07. The summed E-state index contributed by atoms with van der Waals surface area (Å²) >= 11 is 11.8. The third kappa shape index (κ3) is 3.52. The summed E-state index contributed by atoms with van der Waals surface area (Å²) in [4.78, 5) is 11.4. The van der Waals surface area contributed by atoms with Crippen LogP contribution < -0.4 is 0 Å². The van der Waals surface area contributed by atoms with Gasteiger partial charge in [-0.25, -0.2) is 8.42 Å². The average Bonchev–Trinajstić information content (AvgIpc) is 2.42. The third-order valence-corrected chi connectivity index (χ3v) is 6.74. The lowest BCUT2D eigenvalue weighted by Crippen LogP contribution is -2.38. The van der Waals surface area contributed by atoms with Gasteiger partial charge in [-0.05, 0) is 37.0 Å². The molecule has 0 aromatic heterocycles. The molecule has 1 aliphatic rings. The molecule has 1 fully saturated rings. The average molecular weight is 351 g/mol. The predicted octanol–water partition coefficient (Wildman–Crippen LogP) is 3.80. The van der Waals surface area contributed by atoms with Crippen LogP contribution in [0, 0.1) is 5.92 Å². The first-order valence-electron chi connectivity index (χ1n) is 6.76. The van der Waals surface area contributed by atoms with Gasteiger partial charge in [0.2, 0.25) is 0 Å². The number of carboxylic acid groups (broad SMARTS) is 1. The molecular weight excluding hydrogens is 335 g/mol. The second kappa shape index (κ2) is 6.55. The molecule has 0 bridgehead atoms. The molecule has 1 saturated carbocycles. The highest BCUT2D eigenvalue weighted by Gasteiger charge is 2.41. The highest BCUT2D eigenvalue weighted by molar-refractivity contribution is 7.93. The Morgan fingerprint density at radius 1 is 1.19 bits per heavy atom. The Hall–Kier alpha value is -0.780. The molecule has 7 heteroatoms. The Morgan fingerprint density at radius 2 is 1.81 bits per heavy atom. The second-order valence-corrected chi connectivity index (χ2v) is 8.16. The molecule has 21 heavy (non-hydrogen) atoms. The van der Waals surface area contributed by atoms with Crippen molar-refractivity contribution in [2.45, 2.75) is 42.2 Å². The molecule has 4 nitrogen and oxygen atoms in total. The van der Waals surface area contributed by atoms with E-state index in [1.807, 2.05) is 0 Å². The Morgan fingerprint density at radius 3 is 2.38 bits per heavy atom. The summed E-state index contributed by atoms with van der Waals surface area (Å²) in [7, 11) is -4.07. The maximum Gasteiger partial charge on any atom is 0.322 e. The fourth-order valence-corrected chi connectivity index (χ4v) is 5.48. The van der Waals surface area contributed by atoms with Gasteiger partial charge >= 0.3 is 5.97 Å². The van der Waals surface area contributed by atoms with Crippen LogP contribution in [-0.2, 0) is 14.6 Å². The fourth-order valence-electron chi connectivity index (χ4n) is 2.86. The van der Waals surface area contributed by atoms with Gasteiger partial charge in [0.05, 0.1) is 9.92 Å². The third-order valence-electron chi connectivity index (χ3n) is 3.86. The lowest BCUT2D eigenvalue weighted by molar-refractivity contribution is -0.137. The molecule has 2 rings (SSSR count). The van der Waals surface area contributed by atoms with Gasteiger partial charge in [0, 0.05) is 5.02 Å². The Bertz CT molecular complexity index is 636. The van der Waals surface area contributed by atoms with E-state index in [0.717, 1.165) is 19.3 Å². The first-order chi connectivity index (χ1) is 9.84. The number of carboxylic acids is 1. The van der Waals surface area contributed by atoms with Gasteiger partial charge < -0.3 is 5.11 Å². The number of sulfone groups is 1. The van der Waals surface area contributed by atoms with Gasteiger partial charge in [0.15, 0.2) is 15.1 Å². The van der Waals surface area contributed by atoms with Crippen molar-refractivity contribution >= 4 is 39.0 Å². The molecule has 0 heterocycles. The molecule has 0 aliphatic heterocycles. The van der Waals surface area contributed by atoms with Crippen molar-refractivity contribution < 1.29 is 18.3 Å². The minimum Gasteiger partial charge on any atom is -0.480 e. The Kier molecular flexibility index (Phi) is 5.17. The topological polar surface area (TPSA) is 71.4 Å². The van der Waals surface area contributed by atoms with Crippen LogP contribution >= 0.6 is 23.2 Å². The molecule has 0 saturated heterocycles. The molecule has 0 spiro atoms. The lowest BCUT2D eigenvalue weighted by Gasteiger charge is -2.27. The van der Waals surface area contributed by atoms with Crippen LogP contribution in [0.15, 0.2) is 23.1 Å². The van der Waals surface area contributed by atoms with E-state index in [1.54, 1.807) is 0 Å². The van der Waals surface area contributed by atoms with Crippen LogP contribution in [0.4, 0.5) is 0 Å². The summed E-state index contributed by atoms with van der Waals surface area (Å²) in [6, 6.07) is 4.06. The van der Waals surface area contributed by atoms with E-state index >= 15 is 0 Å². The first kappa shape index (κ1) is 16.6. The van der Waals surface area contributed by atoms with Crippen LogP contribution in [-0.4, -0.2) is 24.7 Å². The molecule has 1 N–H and O–H groups in total. The summed E-state index contributed by atoms with van der Waals surface area (Å²) in [6.45, 7) is 0. The van der Waals surface area contributed by atoms with E-state index in [0.29, 0.717) is 12.8 Å². The van der Waals surface area contributed by atoms with Gasteiger partial charge in [-0.2, -0.15) is 0 Å². The van der Waals surface area contributed by atoms with Gasteiger partial charge in [0.25, 0.3) is 0 Å². The molecule has 1 unspecified atom stereocenters. The largest absolute Gasteiger partial charge is 0.480 e. The molecule has 1 atom stereocenters. The van der Waals surface area contributed by atoms with Crippen LogP contribution in [0.1, 0.15) is 32.1 Å². The van der Waals surface area contributed by atoms with E-state index < -0.39 is 21.1 Å². The molecule has 1 aliphatic carbocycles. The number of hydrogen-bond donors (Lipinski definition) is 1. The lowest BCUT2D eigenvalue weighted by atomic mass is 9.87. The van der Waals surface area contributed by atoms with Crippen LogP contribution in [0.2, 0.25) is 10.0 Å². The normalized spacial score (nSPS) is 18.4. The number of halogens is 2. The van der Waals surface area contributed by atoms with E-state index in [4.69, 9.17) is 23.2 Å². The number of aliphatic carboxylic acids is 1. The first-order valence-corrected chi connectivity index (χ1v) is 9.06. The number of rotatable bonds is 4. The highest BCUT2D eigenvalue weighted by Crippen LogP contribution is 2.35. The quantitative estimate of drug-likeness (QED) is 0.896. The maximum atomic E-state index is 12.7. The van der Waals surface area contributed by atoms with Gasteiger partial charge in [-0.15, -0.1) is 0 Å². The van der Waals surface area contributed by atoms with Crippen molar-refractivity contribution in [1.82, 2.24) is 0 Å². The SMILES string of the molecule is O=C(O)C(C1CCCCC1)S(=O)(=O)c1cc(Cl)ccc1Cl. The van der Waals surface area contributed by atoms with Crippen LogP contribution in [0.3, 0.4) is 0 Å². The van der Waals surface area contributed by atoms with Crippen molar-refractivity contribution in [1.29, 1.82) is 0 Å². The zero-order chi connectivity index (χ0) is 15.6. The molecule has 0 radical (unpaired) electrons. The van der Waals surface area contributed by atoms with E-state index in [2.05, 4.69) is 0 Å². The van der Waals surface area contributed by atoms with E-state index in [9.17, 15) is 18.3 Å². The van der Waals surface area contributed by atoms with Gasteiger partial charge in [-0.3, -0.25) is 4.79 Å². The number of benzene rings is 1. The molecule has 1 aromatic carbocycles. The number of carbonyl (C=O) groups is 1. The Labute approximate surface area is 134 Å². The summed E-state index contributed by atoms with van der Waals surface area (Å²) in [5.74, 6) is -1.70. The van der Waals surface area contributed by atoms with Gasteiger partial charge in [0.1, 0.15) is 0 Å². The van der Waals surface area contributed by atoms with Gasteiger partial charge in [-0.1, -0.05) is 42.5 Å². The molecule has 0 amide bonds. The van der Waals surface area contributed by atoms with Crippen LogP contribution in [0.25, 0.3) is 0 Å². The van der Waals surface area contributed by atoms with E-state index in [1.165, 1.54) is 18.2 Å². The molecule has 116 valence electrons.